The minimum absolute atomic E-state index is 0.0700. The lowest BCUT2D eigenvalue weighted by Crippen LogP contribution is -2.30. The Labute approximate surface area is 128 Å². The van der Waals surface area contributed by atoms with Gasteiger partial charge in [0.05, 0.1) is 6.10 Å². The zero-order chi connectivity index (χ0) is 13.9. The van der Waals surface area contributed by atoms with Crippen LogP contribution in [-0.2, 0) is 0 Å². The van der Waals surface area contributed by atoms with Crippen molar-refractivity contribution < 1.29 is 5.11 Å². The fourth-order valence-corrected chi connectivity index (χ4v) is 5.92. The number of aliphatic hydroxyl groups excluding tert-OH is 1. The predicted molar refractivity (Wildman–Crippen MR) is 83.2 cm³/mol. The van der Waals surface area contributed by atoms with E-state index in [2.05, 4.69) is 22.0 Å². The molecule has 3 aliphatic carbocycles. The average molecular weight is 336 g/mol. The van der Waals surface area contributed by atoms with Crippen LogP contribution in [0.2, 0.25) is 0 Å². The fourth-order valence-electron chi connectivity index (χ4n) is 5.34. The molecule has 2 bridgehead atoms. The molecule has 108 valence electrons. The smallest absolute Gasteiger partial charge is 0.0655 e. The first-order valence-electron chi connectivity index (χ1n) is 7.85. The lowest BCUT2D eigenvalue weighted by Gasteiger charge is -2.25. The zero-order valence-electron chi connectivity index (χ0n) is 11.6. The molecule has 3 N–H and O–H groups in total. The summed E-state index contributed by atoms with van der Waals surface area (Å²) >= 11 is 3.61. The molecule has 1 aromatic carbocycles. The Balaban J connectivity index is 1.56. The molecule has 0 aromatic heterocycles. The molecule has 4 rings (SSSR count). The van der Waals surface area contributed by atoms with Crippen molar-refractivity contribution in [1.29, 1.82) is 0 Å². The molecule has 3 saturated carbocycles. The largest absolute Gasteiger partial charge is 0.392 e. The molecule has 3 fully saturated rings. The summed E-state index contributed by atoms with van der Waals surface area (Å²) in [6.07, 6.45) is 3.97. The maximum atomic E-state index is 10.9. The Kier molecular flexibility index (Phi) is 3.21. The van der Waals surface area contributed by atoms with Gasteiger partial charge in [0, 0.05) is 16.9 Å². The van der Waals surface area contributed by atoms with Crippen LogP contribution in [0.15, 0.2) is 28.7 Å². The molecule has 2 nitrogen and oxygen atoms in total. The van der Waals surface area contributed by atoms with E-state index in [1.807, 2.05) is 18.2 Å². The highest BCUT2D eigenvalue weighted by Crippen LogP contribution is 2.71. The van der Waals surface area contributed by atoms with E-state index < -0.39 is 0 Å². The van der Waals surface area contributed by atoms with Crippen molar-refractivity contribution in [1.82, 2.24) is 0 Å². The molecule has 1 aromatic rings. The van der Waals surface area contributed by atoms with E-state index in [1.165, 1.54) is 24.8 Å². The first kappa shape index (κ1) is 13.3. The Morgan fingerprint density at radius 3 is 2.45 bits per heavy atom. The highest BCUT2D eigenvalue weighted by Gasteiger charge is 2.67. The summed E-state index contributed by atoms with van der Waals surface area (Å²) in [5.41, 5.74) is 7.16. The highest BCUT2D eigenvalue weighted by atomic mass is 79.9. The fraction of sp³-hybridized carbons (Fsp3) is 0.647. The first-order valence-corrected chi connectivity index (χ1v) is 8.64. The summed E-state index contributed by atoms with van der Waals surface area (Å²) in [5, 5.41) is 10.9. The molecule has 0 saturated heterocycles. The number of hydrogen-bond donors (Lipinski definition) is 2. The minimum atomic E-state index is -0.267. The summed E-state index contributed by atoms with van der Waals surface area (Å²) < 4.78 is 1.07. The van der Waals surface area contributed by atoms with Gasteiger partial charge in [0.1, 0.15) is 0 Å². The molecule has 0 amide bonds. The van der Waals surface area contributed by atoms with Gasteiger partial charge < -0.3 is 10.8 Å². The van der Waals surface area contributed by atoms with Crippen molar-refractivity contribution in [2.24, 2.45) is 35.3 Å². The van der Waals surface area contributed by atoms with E-state index in [1.54, 1.807) is 0 Å². The second-order valence-electron chi connectivity index (χ2n) is 6.92. The maximum Gasteiger partial charge on any atom is 0.0655 e. The number of benzene rings is 1. The van der Waals surface area contributed by atoms with Gasteiger partial charge in [-0.3, -0.25) is 0 Å². The van der Waals surface area contributed by atoms with Crippen LogP contribution in [0.3, 0.4) is 0 Å². The summed E-state index contributed by atoms with van der Waals surface area (Å²) in [7, 11) is 0. The normalized spacial score (nSPS) is 40.5. The van der Waals surface area contributed by atoms with E-state index >= 15 is 0 Å². The number of halogens is 1. The van der Waals surface area contributed by atoms with Gasteiger partial charge in [0.15, 0.2) is 0 Å². The molecule has 0 radical (unpaired) electrons. The van der Waals surface area contributed by atoms with Gasteiger partial charge in [-0.15, -0.1) is 0 Å². The molecule has 20 heavy (non-hydrogen) atoms. The van der Waals surface area contributed by atoms with Crippen LogP contribution < -0.4 is 5.73 Å². The topological polar surface area (TPSA) is 46.2 Å². The van der Waals surface area contributed by atoms with Gasteiger partial charge in [-0.25, -0.2) is 0 Å². The highest BCUT2D eigenvalue weighted by molar-refractivity contribution is 9.10. The second-order valence-corrected chi connectivity index (χ2v) is 7.77. The molecular formula is C17H22BrNO. The summed E-state index contributed by atoms with van der Waals surface area (Å²) in [4.78, 5) is 0. The summed E-state index contributed by atoms with van der Waals surface area (Å²) in [6.45, 7) is 0.523. The molecule has 0 aliphatic heterocycles. The molecule has 6 atom stereocenters. The Morgan fingerprint density at radius 1 is 1.20 bits per heavy atom. The zero-order valence-corrected chi connectivity index (χ0v) is 13.2. The van der Waals surface area contributed by atoms with Gasteiger partial charge in [-0.05, 0) is 60.5 Å². The van der Waals surface area contributed by atoms with Crippen LogP contribution in [0.5, 0.6) is 0 Å². The SMILES string of the molecule is NCC(c1ccccc1Br)C(O)C1C2C3CCC(C3)C21. The van der Waals surface area contributed by atoms with Crippen LogP contribution in [0, 0.1) is 29.6 Å². The average Bonchev–Trinajstić information content (AvgIpc) is 2.89. The molecule has 0 heterocycles. The summed E-state index contributed by atoms with van der Waals surface area (Å²) in [5.74, 6) is 4.01. The van der Waals surface area contributed by atoms with Crippen LogP contribution in [0.25, 0.3) is 0 Å². The van der Waals surface area contributed by atoms with Crippen LogP contribution in [-0.4, -0.2) is 17.8 Å². The van der Waals surface area contributed by atoms with E-state index in [4.69, 9.17) is 5.73 Å². The number of nitrogens with two attached hydrogens (primary N) is 1. The van der Waals surface area contributed by atoms with E-state index in [9.17, 15) is 5.11 Å². The third-order valence-corrected chi connectivity index (χ3v) is 6.88. The monoisotopic (exact) mass is 335 g/mol. The lowest BCUT2D eigenvalue weighted by atomic mass is 9.87. The maximum absolute atomic E-state index is 10.9. The van der Waals surface area contributed by atoms with Gasteiger partial charge >= 0.3 is 0 Å². The molecule has 3 aliphatic rings. The lowest BCUT2D eigenvalue weighted by molar-refractivity contribution is 0.102. The number of fused-ring (bicyclic) bond motifs is 5. The second kappa shape index (κ2) is 4.82. The molecular weight excluding hydrogens is 314 g/mol. The third kappa shape index (κ3) is 1.83. The van der Waals surface area contributed by atoms with Gasteiger partial charge in [-0.2, -0.15) is 0 Å². The first-order chi connectivity index (χ1) is 9.72. The van der Waals surface area contributed by atoms with Crippen LogP contribution in [0.4, 0.5) is 0 Å². The van der Waals surface area contributed by atoms with Crippen molar-refractivity contribution in [3.63, 3.8) is 0 Å². The van der Waals surface area contributed by atoms with Gasteiger partial charge in [-0.1, -0.05) is 34.1 Å². The Hall–Kier alpha value is -0.380. The number of hydrogen-bond acceptors (Lipinski definition) is 2. The summed E-state index contributed by atoms with van der Waals surface area (Å²) in [6, 6.07) is 8.19. The number of aliphatic hydroxyl groups is 1. The Morgan fingerprint density at radius 2 is 1.85 bits per heavy atom. The van der Waals surface area contributed by atoms with E-state index in [0.29, 0.717) is 12.5 Å². The van der Waals surface area contributed by atoms with Crippen molar-refractivity contribution in [3.8, 4) is 0 Å². The van der Waals surface area contributed by atoms with Crippen molar-refractivity contribution in [2.75, 3.05) is 6.54 Å². The van der Waals surface area contributed by atoms with E-state index in [0.717, 1.165) is 28.1 Å². The van der Waals surface area contributed by atoms with Gasteiger partial charge in [0.25, 0.3) is 0 Å². The quantitative estimate of drug-likeness (QED) is 0.887. The third-order valence-electron chi connectivity index (χ3n) is 6.16. The number of rotatable bonds is 4. The molecule has 3 heteroatoms. The van der Waals surface area contributed by atoms with Crippen LogP contribution >= 0.6 is 15.9 Å². The van der Waals surface area contributed by atoms with E-state index in [-0.39, 0.29) is 12.0 Å². The van der Waals surface area contributed by atoms with Crippen molar-refractivity contribution in [3.05, 3.63) is 34.3 Å². The Bertz CT molecular complexity index is 503. The van der Waals surface area contributed by atoms with Gasteiger partial charge in [0.2, 0.25) is 0 Å². The minimum Gasteiger partial charge on any atom is -0.392 e. The van der Waals surface area contributed by atoms with Crippen LogP contribution in [0.1, 0.15) is 30.7 Å². The molecule has 0 spiro atoms. The molecule has 6 unspecified atom stereocenters. The van der Waals surface area contributed by atoms with Crippen molar-refractivity contribution >= 4 is 15.9 Å². The standard InChI is InChI=1S/C17H22BrNO/c18-13-4-2-1-3-11(13)12(8-19)17(20)16-14-9-5-6-10(7-9)15(14)16/h1-4,9-10,12,14-17,20H,5-8,19H2. The predicted octanol–water partition coefficient (Wildman–Crippen LogP) is 3.14. The van der Waals surface area contributed by atoms with Crippen molar-refractivity contribution in [2.45, 2.75) is 31.3 Å².